The van der Waals surface area contributed by atoms with Gasteiger partial charge < -0.3 is 10.1 Å². The summed E-state index contributed by atoms with van der Waals surface area (Å²) in [5, 5.41) is 3.65. The fraction of sp³-hybridized carbons (Fsp3) is 0.333. The summed E-state index contributed by atoms with van der Waals surface area (Å²) in [5.74, 6) is 0.888. The molecule has 0 fully saturated rings. The molecule has 0 bridgehead atoms. The molecule has 2 nitrogen and oxygen atoms in total. The van der Waals surface area contributed by atoms with Gasteiger partial charge >= 0.3 is 0 Å². The van der Waals surface area contributed by atoms with E-state index in [9.17, 15) is 0 Å². The lowest BCUT2D eigenvalue weighted by Gasteiger charge is -2.22. The maximum Gasteiger partial charge on any atom is 0.118 e. The fourth-order valence-electron chi connectivity index (χ4n) is 2.41. The van der Waals surface area contributed by atoms with Crippen LogP contribution in [0.2, 0.25) is 0 Å². The van der Waals surface area contributed by atoms with Gasteiger partial charge in [0.25, 0.3) is 0 Å². The molecule has 2 aromatic rings. The van der Waals surface area contributed by atoms with Crippen molar-refractivity contribution in [2.45, 2.75) is 26.3 Å². The molecule has 2 aromatic carbocycles. The molecule has 0 radical (unpaired) electrons. The molecule has 0 saturated heterocycles. The molecule has 21 heavy (non-hydrogen) atoms. The number of ether oxygens (including phenoxy) is 1. The van der Waals surface area contributed by atoms with Crippen LogP contribution in [0.4, 0.5) is 0 Å². The zero-order valence-electron chi connectivity index (χ0n) is 12.8. The fourth-order valence-corrected chi connectivity index (χ4v) is 2.79. The third-order valence-electron chi connectivity index (χ3n) is 3.60. The van der Waals surface area contributed by atoms with E-state index < -0.39 is 0 Å². The molecule has 112 valence electrons. The molecule has 0 aliphatic rings. The molecule has 0 saturated carbocycles. The molecule has 0 aromatic heterocycles. The van der Waals surface area contributed by atoms with Gasteiger partial charge in [-0.2, -0.15) is 0 Å². The van der Waals surface area contributed by atoms with E-state index in [-0.39, 0.29) is 6.04 Å². The second kappa shape index (κ2) is 7.62. The number of aryl methyl sites for hydroxylation is 1. The van der Waals surface area contributed by atoms with Gasteiger partial charge in [-0.1, -0.05) is 41.1 Å². The van der Waals surface area contributed by atoms with Crippen molar-refractivity contribution in [3.05, 3.63) is 63.6 Å². The van der Waals surface area contributed by atoms with Crippen molar-refractivity contribution >= 4 is 15.9 Å². The van der Waals surface area contributed by atoms with Crippen LogP contribution in [0.25, 0.3) is 0 Å². The van der Waals surface area contributed by atoms with Gasteiger partial charge in [-0.3, -0.25) is 0 Å². The Morgan fingerprint density at radius 2 is 1.86 bits per heavy atom. The Hall–Kier alpha value is -1.32. The van der Waals surface area contributed by atoms with E-state index in [1.807, 2.05) is 12.1 Å². The van der Waals surface area contributed by atoms with Crippen LogP contribution in [-0.2, 0) is 0 Å². The van der Waals surface area contributed by atoms with Crippen LogP contribution in [0.1, 0.15) is 36.1 Å². The topological polar surface area (TPSA) is 21.3 Å². The molecule has 1 N–H and O–H groups in total. The number of halogens is 1. The number of nitrogens with one attached hydrogen (secondary N) is 1. The van der Waals surface area contributed by atoms with Crippen LogP contribution in [0.5, 0.6) is 5.75 Å². The lowest BCUT2D eigenvalue weighted by Crippen LogP contribution is -2.24. The van der Waals surface area contributed by atoms with E-state index in [0.29, 0.717) is 0 Å². The van der Waals surface area contributed by atoms with Crippen molar-refractivity contribution < 1.29 is 4.74 Å². The first-order valence-corrected chi connectivity index (χ1v) is 8.08. The highest BCUT2D eigenvalue weighted by atomic mass is 79.9. The van der Waals surface area contributed by atoms with E-state index in [1.165, 1.54) is 16.7 Å². The standard InChI is InChI=1S/C18H22BrNO/c1-4-11-20-18(14-6-9-16(21-3)10-7-14)17-12-15(19)8-5-13(17)2/h5-10,12,18,20H,4,11H2,1-3H3. The van der Waals surface area contributed by atoms with Gasteiger partial charge in [-0.15, -0.1) is 0 Å². The van der Waals surface area contributed by atoms with E-state index in [0.717, 1.165) is 23.2 Å². The van der Waals surface area contributed by atoms with Crippen molar-refractivity contribution in [2.75, 3.05) is 13.7 Å². The van der Waals surface area contributed by atoms with Crippen LogP contribution in [0.15, 0.2) is 46.9 Å². The van der Waals surface area contributed by atoms with E-state index in [2.05, 4.69) is 65.4 Å². The molecule has 0 amide bonds. The van der Waals surface area contributed by atoms with Gasteiger partial charge in [0, 0.05) is 4.47 Å². The second-order valence-corrected chi connectivity index (χ2v) is 6.08. The Morgan fingerprint density at radius 1 is 1.14 bits per heavy atom. The van der Waals surface area contributed by atoms with Crippen LogP contribution >= 0.6 is 15.9 Å². The first-order chi connectivity index (χ1) is 10.2. The van der Waals surface area contributed by atoms with Crippen molar-refractivity contribution in [1.82, 2.24) is 5.32 Å². The Balaban J connectivity index is 2.38. The summed E-state index contributed by atoms with van der Waals surface area (Å²) in [4.78, 5) is 0. The summed E-state index contributed by atoms with van der Waals surface area (Å²) in [6.45, 7) is 5.33. The van der Waals surface area contributed by atoms with Gasteiger partial charge in [-0.25, -0.2) is 0 Å². The molecule has 2 rings (SSSR count). The Morgan fingerprint density at radius 3 is 2.48 bits per heavy atom. The van der Waals surface area contributed by atoms with Gasteiger partial charge in [0.2, 0.25) is 0 Å². The average molecular weight is 348 g/mol. The quantitative estimate of drug-likeness (QED) is 0.805. The molecular formula is C18H22BrNO. The van der Waals surface area contributed by atoms with E-state index in [1.54, 1.807) is 7.11 Å². The predicted molar refractivity (Wildman–Crippen MR) is 92.0 cm³/mol. The monoisotopic (exact) mass is 347 g/mol. The highest BCUT2D eigenvalue weighted by Gasteiger charge is 2.16. The number of methoxy groups -OCH3 is 1. The summed E-state index contributed by atoms with van der Waals surface area (Å²) in [7, 11) is 1.69. The normalized spacial score (nSPS) is 12.2. The van der Waals surface area contributed by atoms with Gasteiger partial charge in [0.05, 0.1) is 13.2 Å². The van der Waals surface area contributed by atoms with Crippen LogP contribution in [0.3, 0.4) is 0 Å². The van der Waals surface area contributed by atoms with Crippen molar-refractivity contribution in [3.63, 3.8) is 0 Å². The third-order valence-corrected chi connectivity index (χ3v) is 4.09. The Bertz CT molecular complexity index is 580. The number of benzene rings is 2. The average Bonchev–Trinajstić information content (AvgIpc) is 2.51. The van der Waals surface area contributed by atoms with E-state index in [4.69, 9.17) is 4.74 Å². The van der Waals surface area contributed by atoms with Crippen LogP contribution in [-0.4, -0.2) is 13.7 Å². The minimum absolute atomic E-state index is 0.202. The Kier molecular flexibility index (Phi) is 5.83. The molecule has 0 aliphatic carbocycles. The lowest BCUT2D eigenvalue weighted by atomic mass is 9.95. The van der Waals surface area contributed by atoms with Gasteiger partial charge in [0.15, 0.2) is 0 Å². The highest BCUT2D eigenvalue weighted by molar-refractivity contribution is 9.10. The maximum absolute atomic E-state index is 5.25. The Labute approximate surface area is 135 Å². The zero-order valence-corrected chi connectivity index (χ0v) is 14.4. The summed E-state index contributed by atoms with van der Waals surface area (Å²) in [5.41, 5.74) is 3.86. The van der Waals surface area contributed by atoms with E-state index >= 15 is 0 Å². The van der Waals surface area contributed by atoms with Crippen molar-refractivity contribution in [1.29, 1.82) is 0 Å². The van der Waals surface area contributed by atoms with Gasteiger partial charge in [0.1, 0.15) is 5.75 Å². The SMILES string of the molecule is CCCNC(c1ccc(OC)cc1)c1cc(Br)ccc1C. The lowest BCUT2D eigenvalue weighted by molar-refractivity contribution is 0.414. The number of hydrogen-bond donors (Lipinski definition) is 1. The second-order valence-electron chi connectivity index (χ2n) is 5.16. The first kappa shape index (κ1) is 16.1. The molecule has 0 spiro atoms. The summed E-state index contributed by atoms with van der Waals surface area (Å²) in [6.07, 6.45) is 1.11. The largest absolute Gasteiger partial charge is 0.497 e. The minimum atomic E-state index is 0.202. The number of rotatable bonds is 6. The molecule has 1 atom stereocenters. The smallest absolute Gasteiger partial charge is 0.118 e. The third kappa shape index (κ3) is 4.08. The molecule has 3 heteroatoms. The maximum atomic E-state index is 5.25. The highest BCUT2D eigenvalue weighted by Crippen LogP contribution is 2.28. The molecule has 0 heterocycles. The summed E-state index contributed by atoms with van der Waals surface area (Å²) >= 11 is 3.58. The van der Waals surface area contributed by atoms with Crippen molar-refractivity contribution in [2.24, 2.45) is 0 Å². The first-order valence-electron chi connectivity index (χ1n) is 7.29. The predicted octanol–water partition coefficient (Wildman–Crippen LogP) is 4.86. The zero-order chi connectivity index (χ0) is 15.2. The van der Waals surface area contributed by atoms with Gasteiger partial charge in [-0.05, 0) is 60.8 Å². The van der Waals surface area contributed by atoms with Crippen LogP contribution in [0, 0.1) is 6.92 Å². The van der Waals surface area contributed by atoms with Crippen molar-refractivity contribution in [3.8, 4) is 5.75 Å². The minimum Gasteiger partial charge on any atom is -0.497 e. The summed E-state index contributed by atoms with van der Waals surface area (Å²) < 4.78 is 6.36. The molecule has 1 unspecified atom stereocenters. The molecular weight excluding hydrogens is 326 g/mol. The molecule has 0 aliphatic heterocycles. The van der Waals surface area contributed by atoms with Crippen LogP contribution < -0.4 is 10.1 Å². The number of hydrogen-bond acceptors (Lipinski definition) is 2. The summed E-state index contributed by atoms with van der Waals surface area (Å²) in [6, 6.07) is 14.9.